The third-order valence-electron chi connectivity index (χ3n) is 4.96. The molecule has 20 heavy (non-hydrogen) atoms. The topological polar surface area (TPSA) is 50.4 Å². The van der Waals surface area contributed by atoms with Crippen LogP contribution < -0.4 is 10.6 Å². The van der Waals surface area contributed by atoms with Crippen LogP contribution in [-0.4, -0.2) is 38.3 Å². The molecule has 0 aromatic heterocycles. The highest BCUT2D eigenvalue weighted by Crippen LogP contribution is 2.58. The summed E-state index contributed by atoms with van der Waals surface area (Å²) in [6.45, 7) is 10.0. The summed E-state index contributed by atoms with van der Waals surface area (Å²) in [5.41, 5.74) is 0.340. The summed E-state index contributed by atoms with van der Waals surface area (Å²) in [5, 5.41) is 6.50. The third-order valence-corrected chi connectivity index (χ3v) is 4.96. The molecule has 1 saturated heterocycles. The highest BCUT2D eigenvalue weighted by Gasteiger charge is 2.57. The molecule has 2 rings (SSSR count). The van der Waals surface area contributed by atoms with E-state index in [9.17, 15) is 4.79 Å². The molecule has 2 atom stereocenters. The molecule has 2 fully saturated rings. The number of amides is 1. The molecule has 116 valence electrons. The molecule has 1 aliphatic heterocycles. The van der Waals surface area contributed by atoms with E-state index >= 15 is 0 Å². The Morgan fingerprint density at radius 1 is 1.40 bits per heavy atom. The van der Waals surface area contributed by atoms with Crippen LogP contribution in [0.5, 0.6) is 0 Å². The Hall–Kier alpha value is -0.610. The van der Waals surface area contributed by atoms with Gasteiger partial charge in [-0.2, -0.15) is 0 Å². The van der Waals surface area contributed by atoms with Crippen LogP contribution in [0, 0.1) is 17.3 Å². The van der Waals surface area contributed by atoms with Crippen LogP contribution >= 0.6 is 0 Å². The number of ether oxygens (including phenoxy) is 1. The SMILES string of the molecule is CCOC(CCNC(=O)C1CC12CCNCC2)C(C)C. The molecule has 2 aliphatic rings. The molecule has 0 aromatic carbocycles. The molecule has 1 saturated carbocycles. The fourth-order valence-electron chi connectivity index (χ4n) is 3.48. The minimum Gasteiger partial charge on any atom is -0.378 e. The number of rotatable bonds is 7. The molecule has 4 heteroatoms. The highest BCUT2D eigenvalue weighted by molar-refractivity contribution is 5.82. The lowest BCUT2D eigenvalue weighted by Crippen LogP contribution is -2.35. The minimum atomic E-state index is 0.257. The summed E-state index contributed by atoms with van der Waals surface area (Å²) in [6, 6.07) is 0. The second-order valence-corrected chi connectivity index (χ2v) is 6.69. The van der Waals surface area contributed by atoms with Crippen LogP contribution in [0.15, 0.2) is 0 Å². The summed E-state index contributed by atoms with van der Waals surface area (Å²) in [4.78, 5) is 12.2. The van der Waals surface area contributed by atoms with Crippen LogP contribution in [0.2, 0.25) is 0 Å². The Labute approximate surface area is 123 Å². The van der Waals surface area contributed by atoms with E-state index < -0.39 is 0 Å². The maximum absolute atomic E-state index is 12.2. The number of hydrogen-bond acceptors (Lipinski definition) is 3. The summed E-state index contributed by atoms with van der Waals surface area (Å²) in [6.07, 6.45) is 4.60. The maximum Gasteiger partial charge on any atom is 0.223 e. The molecular weight excluding hydrogens is 252 g/mol. The zero-order valence-corrected chi connectivity index (χ0v) is 13.2. The van der Waals surface area contributed by atoms with Gasteiger partial charge in [0.15, 0.2) is 0 Å². The Balaban J connectivity index is 1.68. The van der Waals surface area contributed by atoms with E-state index in [0.717, 1.165) is 39.1 Å². The van der Waals surface area contributed by atoms with E-state index in [1.165, 1.54) is 12.8 Å². The molecule has 1 spiro atoms. The molecule has 1 heterocycles. The van der Waals surface area contributed by atoms with Gasteiger partial charge in [-0.25, -0.2) is 0 Å². The van der Waals surface area contributed by atoms with E-state index in [1.807, 2.05) is 6.92 Å². The fraction of sp³-hybridized carbons (Fsp3) is 0.938. The van der Waals surface area contributed by atoms with Gasteiger partial charge in [0.25, 0.3) is 0 Å². The molecule has 0 radical (unpaired) electrons. The normalized spacial score (nSPS) is 25.7. The van der Waals surface area contributed by atoms with Gasteiger partial charge in [0.1, 0.15) is 0 Å². The third kappa shape index (κ3) is 3.73. The first-order valence-corrected chi connectivity index (χ1v) is 8.19. The quantitative estimate of drug-likeness (QED) is 0.750. The van der Waals surface area contributed by atoms with Gasteiger partial charge in [0, 0.05) is 19.1 Å². The first kappa shape index (κ1) is 15.8. The summed E-state index contributed by atoms with van der Waals surface area (Å²) >= 11 is 0. The van der Waals surface area contributed by atoms with Gasteiger partial charge < -0.3 is 15.4 Å². The summed E-state index contributed by atoms with van der Waals surface area (Å²) in [5.74, 6) is 1.05. The zero-order chi connectivity index (χ0) is 14.6. The summed E-state index contributed by atoms with van der Waals surface area (Å²) < 4.78 is 5.71. The van der Waals surface area contributed by atoms with Crippen molar-refractivity contribution in [1.29, 1.82) is 0 Å². The number of carbonyl (C=O) groups excluding carboxylic acids is 1. The van der Waals surface area contributed by atoms with Crippen molar-refractivity contribution in [1.82, 2.24) is 10.6 Å². The molecule has 2 N–H and O–H groups in total. The Morgan fingerprint density at radius 2 is 2.10 bits per heavy atom. The highest BCUT2D eigenvalue weighted by atomic mass is 16.5. The zero-order valence-electron chi connectivity index (χ0n) is 13.2. The Kier molecular flexibility index (Phi) is 5.44. The van der Waals surface area contributed by atoms with Crippen molar-refractivity contribution in [3.05, 3.63) is 0 Å². The predicted octanol–water partition coefficient (Wildman–Crippen LogP) is 1.94. The second-order valence-electron chi connectivity index (χ2n) is 6.69. The number of nitrogens with one attached hydrogen (secondary N) is 2. The fourth-order valence-corrected chi connectivity index (χ4v) is 3.48. The van der Waals surface area contributed by atoms with E-state index in [0.29, 0.717) is 11.3 Å². The van der Waals surface area contributed by atoms with E-state index in [-0.39, 0.29) is 17.9 Å². The molecule has 4 nitrogen and oxygen atoms in total. The monoisotopic (exact) mass is 282 g/mol. The molecule has 0 bridgehead atoms. The average molecular weight is 282 g/mol. The van der Waals surface area contributed by atoms with Gasteiger partial charge in [-0.3, -0.25) is 4.79 Å². The standard InChI is InChI=1S/C16H30N2O2/c1-4-20-14(12(2)3)5-8-18-15(19)13-11-16(13)6-9-17-10-7-16/h12-14,17H,4-11H2,1-3H3,(H,18,19). The minimum absolute atomic E-state index is 0.257. The smallest absolute Gasteiger partial charge is 0.223 e. The van der Waals surface area contributed by atoms with Gasteiger partial charge >= 0.3 is 0 Å². The van der Waals surface area contributed by atoms with Crippen molar-refractivity contribution < 1.29 is 9.53 Å². The first-order chi connectivity index (χ1) is 9.59. The van der Waals surface area contributed by atoms with Crippen molar-refractivity contribution in [3.63, 3.8) is 0 Å². The van der Waals surface area contributed by atoms with Crippen molar-refractivity contribution in [2.24, 2.45) is 17.3 Å². The predicted molar refractivity (Wildman–Crippen MR) is 80.5 cm³/mol. The van der Waals surface area contributed by atoms with Gasteiger partial charge in [0.05, 0.1) is 6.10 Å². The van der Waals surface area contributed by atoms with Gasteiger partial charge in [-0.1, -0.05) is 13.8 Å². The van der Waals surface area contributed by atoms with Gasteiger partial charge in [0.2, 0.25) is 5.91 Å². The Morgan fingerprint density at radius 3 is 2.70 bits per heavy atom. The van der Waals surface area contributed by atoms with Gasteiger partial charge in [-0.05, 0) is 57.0 Å². The molecular formula is C16H30N2O2. The second kappa shape index (κ2) is 6.90. The lowest BCUT2D eigenvalue weighted by molar-refractivity contribution is -0.123. The van der Waals surface area contributed by atoms with E-state index in [2.05, 4.69) is 24.5 Å². The van der Waals surface area contributed by atoms with Crippen LogP contribution in [0.3, 0.4) is 0 Å². The molecule has 1 aliphatic carbocycles. The molecule has 1 amide bonds. The average Bonchev–Trinajstić information content (AvgIpc) is 3.12. The lowest BCUT2D eigenvalue weighted by Gasteiger charge is -2.23. The summed E-state index contributed by atoms with van der Waals surface area (Å²) in [7, 11) is 0. The van der Waals surface area contributed by atoms with Gasteiger partial charge in [-0.15, -0.1) is 0 Å². The molecule has 0 aromatic rings. The van der Waals surface area contributed by atoms with Crippen LogP contribution in [-0.2, 0) is 9.53 Å². The van der Waals surface area contributed by atoms with Crippen LogP contribution in [0.1, 0.15) is 46.5 Å². The maximum atomic E-state index is 12.2. The number of piperidine rings is 1. The van der Waals surface area contributed by atoms with Crippen molar-refractivity contribution in [3.8, 4) is 0 Å². The first-order valence-electron chi connectivity index (χ1n) is 8.19. The Bertz CT molecular complexity index is 324. The largest absolute Gasteiger partial charge is 0.378 e. The van der Waals surface area contributed by atoms with Crippen LogP contribution in [0.4, 0.5) is 0 Å². The molecule has 2 unspecified atom stereocenters. The van der Waals surface area contributed by atoms with E-state index in [1.54, 1.807) is 0 Å². The number of carbonyl (C=O) groups is 1. The van der Waals surface area contributed by atoms with Crippen molar-refractivity contribution >= 4 is 5.91 Å². The number of hydrogen-bond donors (Lipinski definition) is 2. The van der Waals surface area contributed by atoms with Crippen LogP contribution in [0.25, 0.3) is 0 Å². The van der Waals surface area contributed by atoms with Crippen molar-refractivity contribution in [2.45, 2.75) is 52.6 Å². The van der Waals surface area contributed by atoms with E-state index in [4.69, 9.17) is 4.74 Å². The van der Waals surface area contributed by atoms with Crippen molar-refractivity contribution in [2.75, 3.05) is 26.2 Å². The lowest BCUT2D eigenvalue weighted by atomic mass is 9.92.